The number of hydrogen-bond donors (Lipinski definition) is 1. The highest BCUT2D eigenvalue weighted by atomic mass is 14.9. The Bertz CT molecular complexity index is 144. The van der Waals surface area contributed by atoms with Crippen LogP contribution < -0.4 is 5.32 Å². The third-order valence-corrected chi connectivity index (χ3v) is 2.19. The Morgan fingerprint density at radius 1 is 1.36 bits per heavy atom. The van der Waals surface area contributed by atoms with Crippen LogP contribution in [0.15, 0.2) is 0 Å². The highest BCUT2D eigenvalue weighted by Gasteiger charge is 2.08. The molecule has 0 aromatic rings. The van der Waals surface area contributed by atoms with Crippen LogP contribution in [-0.4, -0.2) is 12.6 Å². The molecule has 1 heterocycles. The van der Waals surface area contributed by atoms with Crippen LogP contribution >= 0.6 is 0 Å². The van der Waals surface area contributed by atoms with Crippen molar-refractivity contribution in [2.24, 2.45) is 0 Å². The van der Waals surface area contributed by atoms with E-state index in [2.05, 4.69) is 17.2 Å². The summed E-state index contributed by atoms with van der Waals surface area (Å²) >= 11 is 0. The minimum Gasteiger partial charge on any atom is -0.313 e. The van der Waals surface area contributed by atoms with E-state index in [9.17, 15) is 0 Å². The first-order chi connectivity index (χ1) is 5.43. The van der Waals surface area contributed by atoms with Crippen LogP contribution in [0.4, 0.5) is 0 Å². The first-order valence-electron chi connectivity index (χ1n) is 4.56. The SMILES string of the molecule is CC#CCC1CCCCCN1. The van der Waals surface area contributed by atoms with Crippen molar-refractivity contribution < 1.29 is 0 Å². The predicted octanol–water partition coefficient (Wildman–Crippen LogP) is 1.93. The topological polar surface area (TPSA) is 12.0 Å². The molecule has 1 nitrogen and oxygen atoms in total. The molecule has 0 aliphatic carbocycles. The van der Waals surface area contributed by atoms with Gasteiger partial charge < -0.3 is 5.32 Å². The van der Waals surface area contributed by atoms with Crippen molar-refractivity contribution in [2.45, 2.75) is 45.1 Å². The van der Waals surface area contributed by atoms with E-state index in [-0.39, 0.29) is 0 Å². The summed E-state index contributed by atoms with van der Waals surface area (Å²) in [7, 11) is 0. The monoisotopic (exact) mass is 151 g/mol. The van der Waals surface area contributed by atoms with E-state index >= 15 is 0 Å². The molecule has 0 spiro atoms. The Balaban J connectivity index is 2.23. The molecule has 1 aliphatic rings. The van der Waals surface area contributed by atoms with Gasteiger partial charge >= 0.3 is 0 Å². The van der Waals surface area contributed by atoms with Crippen molar-refractivity contribution >= 4 is 0 Å². The maximum Gasteiger partial charge on any atom is 0.0243 e. The van der Waals surface area contributed by atoms with Gasteiger partial charge in [0.1, 0.15) is 0 Å². The molecule has 1 atom stereocenters. The molecule has 1 saturated heterocycles. The Morgan fingerprint density at radius 2 is 2.27 bits per heavy atom. The van der Waals surface area contributed by atoms with E-state index in [0.29, 0.717) is 6.04 Å². The van der Waals surface area contributed by atoms with Gasteiger partial charge in [-0.1, -0.05) is 12.8 Å². The number of rotatable bonds is 1. The first kappa shape index (κ1) is 8.62. The molecule has 1 aliphatic heterocycles. The van der Waals surface area contributed by atoms with Crippen molar-refractivity contribution in [2.75, 3.05) is 6.54 Å². The normalized spacial score (nSPS) is 25.0. The maximum absolute atomic E-state index is 3.51. The van der Waals surface area contributed by atoms with Gasteiger partial charge in [0.05, 0.1) is 0 Å². The quantitative estimate of drug-likeness (QED) is 0.565. The molecule has 0 amide bonds. The van der Waals surface area contributed by atoms with Crippen LogP contribution in [-0.2, 0) is 0 Å². The molecule has 1 fully saturated rings. The summed E-state index contributed by atoms with van der Waals surface area (Å²) in [4.78, 5) is 0. The van der Waals surface area contributed by atoms with Crippen molar-refractivity contribution in [1.29, 1.82) is 0 Å². The number of hydrogen-bond acceptors (Lipinski definition) is 1. The lowest BCUT2D eigenvalue weighted by molar-refractivity contribution is 0.521. The highest BCUT2D eigenvalue weighted by Crippen LogP contribution is 2.09. The minimum absolute atomic E-state index is 0.671. The largest absolute Gasteiger partial charge is 0.313 e. The molecule has 0 bridgehead atoms. The zero-order valence-electron chi connectivity index (χ0n) is 7.32. The molecule has 0 saturated carbocycles. The third kappa shape index (κ3) is 3.43. The van der Waals surface area contributed by atoms with Gasteiger partial charge in [-0.2, -0.15) is 0 Å². The van der Waals surface area contributed by atoms with Crippen LogP contribution in [0, 0.1) is 11.8 Å². The lowest BCUT2D eigenvalue weighted by Crippen LogP contribution is -2.27. The smallest absolute Gasteiger partial charge is 0.0243 e. The van der Waals surface area contributed by atoms with Gasteiger partial charge in [-0.05, 0) is 26.3 Å². The van der Waals surface area contributed by atoms with E-state index in [4.69, 9.17) is 0 Å². The average Bonchev–Trinajstić information content (AvgIpc) is 2.28. The second-order valence-corrected chi connectivity index (χ2v) is 3.13. The van der Waals surface area contributed by atoms with Crippen LogP contribution in [0.3, 0.4) is 0 Å². The fourth-order valence-corrected chi connectivity index (χ4v) is 1.50. The van der Waals surface area contributed by atoms with Crippen LogP contribution in [0.2, 0.25) is 0 Å². The van der Waals surface area contributed by atoms with Gasteiger partial charge in [0.25, 0.3) is 0 Å². The summed E-state index contributed by atoms with van der Waals surface area (Å²) in [6, 6.07) is 0.671. The summed E-state index contributed by atoms with van der Waals surface area (Å²) in [5.41, 5.74) is 0. The summed E-state index contributed by atoms with van der Waals surface area (Å²) in [6.07, 6.45) is 6.47. The molecule has 0 radical (unpaired) electrons. The van der Waals surface area contributed by atoms with Gasteiger partial charge in [-0.15, -0.1) is 11.8 Å². The van der Waals surface area contributed by atoms with Crippen LogP contribution in [0.5, 0.6) is 0 Å². The minimum atomic E-state index is 0.671. The second-order valence-electron chi connectivity index (χ2n) is 3.13. The maximum atomic E-state index is 3.51. The summed E-state index contributed by atoms with van der Waals surface area (Å²) in [6.45, 7) is 3.10. The van der Waals surface area contributed by atoms with Gasteiger partial charge in [-0.3, -0.25) is 0 Å². The zero-order chi connectivity index (χ0) is 7.94. The second kappa shape index (κ2) is 5.21. The fraction of sp³-hybridized carbons (Fsp3) is 0.800. The lowest BCUT2D eigenvalue weighted by Gasteiger charge is -2.11. The van der Waals surface area contributed by atoms with Crippen molar-refractivity contribution in [1.82, 2.24) is 5.32 Å². The molecular weight excluding hydrogens is 134 g/mol. The van der Waals surface area contributed by atoms with E-state index in [0.717, 1.165) is 6.42 Å². The van der Waals surface area contributed by atoms with Crippen LogP contribution in [0.1, 0.15) is 39.0 Å². The van der Waals surface area contributed by atoms with Gasteiger partial charge in [0.15, 0.2) is 0 Å². The van der Waals surface area contributed by atoms with Crippen molar-refractivity contribution in [3.05, 3.63) is 0 Å². The van der Waals surface area contributed by atoms with E-state index in [1.54, 1.807) is 0 Å². The lowest BCUT2D eigenvalue weighted by atomic mass is 10.1. The Labute approximate surface area is 69.6 Å². The molecule has 62 valence electrons. The average molecular weight is 151 g/mol. The molecule has 0 aromatic heterocycles. The van der Waals surface area contributed by atoms with Crippen molar-refractivity contribution in [3.8, 4) is 11.8 Å². The highest BCUT2D eigenvalue weighted by molar-refractivity contribution is 4.98. The van der Waals surface area contributed by atoms with Crippen molar-refractivity contribution in [3.63, 3.8) is 0 Å². The van der Waals surface area contributed by atoms with E-state index < -0.39 is 0 Å². The Kier molecular flexibility index (Phi) is 4.08. The van der Waals surface area contributed by atoms with E-state index in [1.165, 1.54) is 32.2 Å². The standard InChI is InChI=1S/C10H17N/c1-2-3-7-10-8-5-4-6-9-11-10/h10-11H,4-9H2,1H3. The third-order valence-electron chi connectivity index (χ3n) is 2.19. The predicted molar refractivity (Wildman–Crippen MR) is 48.3 cm³/mol. The first-order valence-corrected chi connectivity index (χ1v) is 4.56. The Morgan fingerprint density at radius 3 is 3.09 bits per heavy atom. The van der Waals surface area contributed by atoms with Gasteiger partial charge in [-0.25, -0.2) is 0 Å². The van der Waals surface area contributed by atoms with Gasteiger partial charge in [0, 0.05) is 12.5 Å². The fourth-order valence-electron chi connectivity index (χ4n) is 1.50. The molecule has 11 heavy (non-hydrogen) atoms. The molecule has 1 rings (SSSR count). The summed E-state index contributed by atoms with van der Waals surface area (Å²) in [5.74, 6) is 6.08. The van der Waals surface area contributed by atoms with Gasteiger partial charge in [0.2, 0.25) is 0 Å². The molecule has 0 aromatic carbocycles. The molecule has 1 N–H and O–H groups in total. The zero-order valence-corrected chi connectivity index (χ0v) is 7.32. The summed E-state index contributed by atoms with van der Waals surface area (Å²) in [5, 5.41) is 3.51. The number of nitrogens with one attached hydrogen (secondary N) is 1. The Hall–Kier alpha value is -0.480. The summed E-state index contributed by atoms with van der Waals surface area (Å²) < 4.78 is 0. The van der Waals surface area contributed by atoms with E-state index in [1.807, 2.05) is 6.92 Å². The molecular formula is C10H17N. The molecule has 1 unspecified atom stereocenters. The molecule has 1 heteroatoms. The van der Waals surface area contributed by atoms with Crippen LogP contribution in [0.25, 0.3) is 0 Å².